The van der Waals surface area contributed by atoms with E-state index in [-0.39, 0.29) is 5.78 Å². The number of para-hydroxylation sites is 1. The summed E-state index contributed by atoms with van der Waals surface area (Å²) in [6, 6.07) is 13.1. The molecule has 92 valence electrons. The lowest BCUT2D eigenvalue weighted by Crippen LogP contribution is -1.94. The number of carbonyl (C=O) groups excluding carboxylic acids is 1. The summed E-state index contributed by atoms with van der Waals surface area (Å²) in [6.45, 7) is 1.50. The molecule has 0 N–H and O–H groups in total. The second-order valence-corrected chi connectivity index (χ2v) is 4.36. The molecular weight excluding hydrogens is 248 g/mol. The van der Waals surface area contributed by atoms with E-state index < -0.39 is 0 Å². The Morgan fingerprint density at radius 2 is 1.89 bits per heavy atom. The van der Waals surface area contributed by atoms with Gasteiger partial charge in [-0.15, -0.1) is 0 Å². The number of Topliss-reactive ketones (excluding diaryl/α,β-unsaturated/α-hetero) is 1. The first kappa shape index (κ1) is 12.7. The van der Waals surface area contributed by atoms with Gasteiger partial charge in [-0.1, -0.05) is 35.9 Å². The number of rotatable bonds is 3. The summed E-state index contributed by atoms with van der Waals surface area (Å²) in [5.74, 6) is 0.746. The Hall–Kier alpha value is -1.80. The van der Waals surface area contributed by atoms with Crippen molar-refractivity contribution >= 4 is 17.4 Å². The van der Waals surface area contributed by atoms with Crippen LogP contribution in [0, 0.1) is 0 Å². The molecule has 0 atom stereocenters. The first-order valence-electron chi connectivity index (χ1n) is 5.57. The van der Waals surface area contributed by atoms with E-state index in [0.717, 1.165) is 16.9 Å². The molecule has 0 unspecified atom stereocenters. The summed E-state index contributed by atoms with van der Waals surface area (Å²) < 4.78 is 5.31. The van der Waals surface area contributed by atoms with Crippen LogP contribution in [0.5, 0.6) is 5.75 Å². The summed E-state index contributed by atoms with van der Waals surface area (Å²) in [4.78, 5) is 11.3. The van der Waals surface area contributed by atoms with E-state index in [2.05, 4.69) is 0 Å². The van der Waals surface area contributed by atoms with Crippen molar-refractivity contribution in [3.8, 4) is 16.9 Å². The second kappa shape index (κ2) is 5.23. The van der Waals surface area contributed by atoms with Gasteiger partial charge in [0.15, 0.2) is 5.78 Å². The Balaban J connectivity index is 2.52. The van der Waals surface area contributed by atoms with E-state index >= 15 is 0 Å². The molecule has 0 amide bonds. The van der Waals surface area contributed by atoms with Gasteiger partial charge in [-0.2, -0.15) is 0 Å². The van der Waals surface area contributed by atoms with Gasteiger partial charge < -0.3 is 4.74 Å². The van der Waals surface area contributed by atoms with Crippen LogP contribution in [0.4, 0.5) is 0 Å². The van der Waals surface area contributed by atoms with Crippen LogP contribution in [0.1, 0.15) is 17.3 Å². The van der Waals surface area contributed by atoms with Crippen molar-refractivity contribution in [2.24, 2.45) is 0 Å². The smallest absolute Gasteiger partial charge is 0.161 e. The van der Waals surface area contributed by atoms with Crippen LogP contribution in [0.3, 0.4) is 0 Å². The van der Waals surface area contributed by atoms with Crippen molar-refractivity contribution in [2.45, 2.75) is 6.92 Å². The van der Waals surface area contributed by atoms with E-state index in [9.17, 15) is 4.79 Å². The molecule has 0 radical (unpaired) electrons. The van der Waals surface area contributed by atoms with Gasteiger partial charge in [-0.3, -0.25) is 4.79 Å². The molecule has 0 aliphatic heterocycles. The predicted octanol–water partition coefficient (Wildman–Crippen LogP) is 4.22. The third kappa shape index (κ3) is 2.39. The number of benzene rings is 2. The first-order chi connectivity index (χ1) is 8.63. The van der Waals surface area contributed by atoms with Crippen LogP contribution in [0.25, 0.3) is 11.1 Å². The van der Waals surface area contributed by atoms with Gasteiger partial charge in [0.2, 0.25) is 0 Å². The van der Waals surface area contributed by atoms with Gasteiger partial charge >= 0.3 is 0 Å². The van der Waals surface area contributed by atoms with Gasteiger partial charge in [0.1, 0.15) is 5.75 Å². The maximum absolute atomic E-state index is 11.3. The highest BCUT2D eigenvalue weighted by Crippen LogP contribution is 2.32. The summed E-state index contributed by atoms with van der Waals surface area (Å²) >= 11 is 6.11. The SMILES string of the molecule is COc1ccccc1-c1ccc(C(C)=O)c(Cl)c1. The molecule has 0 heterocycles. The van der Waals surface area contributed by atoms with Gasteiger partial charge in [-0.25, -0.2) is 0 Å². The van der Waals surface area contributed by atoms with Crippen molar-refractivity contribution in [1.82, 2.24) is 0 Å². The molecule has 0 aliphatic rings. The summed E-state index contributed by atoms with van der Waals surface area (Å²) in [6.07, 6.45) is 0. The quantitative estimate of drug-likeness (QED) is 0.773. The fourth-order valence-electron chi connectivity index (χ4n) is 1.85. The van der Waals surface area contributed by atoms with E-state index in [4.69, 9.17) is 16.3 Å². The average Bonchev–Trinajstić information content (AvgIpc) is 2.38. The molecule has 2 nitrogen and oxygen atoms in total. The number of methoxy groups -OCH3 is 1. The van der Waals surface area contributed by atoms with Crippen LogP contribution in [0.15, 0.2) is 42.5 Å². The Morgan fingerprint density at radius 1 is 1.17 bits per heavy atom. The number of hydrogen-bond acceptors (Lipinski definition) is 2. The molecule has 0 saturated carbocycles. The van der Waals surface area contributed by atoms with E-state index in [1.54, 1.807) is 19.2 Å². The number of halogens is 1. The molecule has 18 heavy (non-hydrogen) atoms. The predicted molar refractivity (Wildman–Crippen MR) is 73.4 cm³/mol. The lowest BCUT2D eigenvalue weighted by atomic mass is 10.0. The highest BCUT2D eigenvalue weighted by molar-refractivity contribution is 6.34. The van der Waals surface area contributed by atoms with E-state index in [0.29, 0.717) is 10.6 Å². The normalized spacial score (nSPS) is 10.2. The van der Waals surface area contributed by atoms with Crippen molar-refractivity contribution in [3.63, 3.8) is 0 Å². The standard InChI is InChI=1S/C15H13ClO2/c1-10(17)12-8-7-11(9-14(12)16)13-5-3-4-6-15(13)18-2/h3-9H,1-2H3. The Morgan fingerprint density at radius 3 is 2.50 bits per heavy atom. The Labute approximate surface area is 111 Å². The number of ether oxygens (including phenoxy) is 1. The molecule has 2 aromatic carbocycles. The molecule has 2 rings (SSSR count). The number of hydrogen-bond donors (Lipinski definition) is 0. The van der Waals surface area contributed by atoms with Crippen LogP contribution in [-0.2, 0) is 0 Å². The maximum atomic E-state index is 11.3. The van der Waals surface area contributed by atoms with E-state index in [1.807, 2.05) is 30.3 Å². The number of ketones is 1. The average molecular weight is 261 g/mol. The minimum atomic E-state index is -0.0356. The molecule has 0 aliphatic carbocycles. The Bertz CT molecular complexity index is 591. The third-order valence-corrected chi connectivity index (χ3v) is 3.08. The maximum Gasteiger partial charge on any atom is 0.161 e. The fraction of sp³-hybridized carbons (Fsp3) is 0.133. The zero-order valence-corrected chi connectivity index (χ0v) is 11.0. The van der Waals surface area contributed by atoms with Crippen molar-refractivity contribution < 1.29 is 9.53 Å². The van der Waals surface area contributed by atoms with E-state index in [1.165, 1.54) is 6.92 Å². The number of carbonyl (C=O) groups is 1. The highest BCUT2D eigenvalue weighted by Gasteiger charge is 2.09. The lowest BCUT2D eigenvalue weighted by Gasteiger charge is -2.09. The van der Waals surface area contributed by atoms with Gasteiger partial charge in [0.25, 0.3) is 0 Å². The molecule has 2 aromatic rings. The second-order valence-electron chi connectivity index (χ2n) is 3.95. The molecule has 0 spiro atoms. The zero-order valence-electron chi connectivity index (χ0n) is 10.2. The third-order valence-electron chi connectivity index (χ3n) is 2.77. The molecular formula is C15H13ClO2. The molecule has 0 aromatic heterocycles. The summed E-state index contributed by atoms with van der Waals surface area (Å²) in [5.41, 5.74) is 2.43. The van der Waals surface area contributed by atoms with Crippen LogP contribution < -0.4 is 4.74 Å². The van der Waals surface area contributed by atoms with Crippen molar-refractivity contribution in [3.05, 3.63) is 53.1 Å². The van der Waals surface area contributed by atoms with Crippen LogP contribution in [-0.4, -0.2) is 12.9 Å². The van der Waals surface area contributed by atoms with Crippen molar-refractivity contribution in [1.29, 1.82) is 0 Å². The topological polar surface area (TPSA) is 26.3 Å². The van der Waals surface area contributed by atoms with Crippen LogP contribution in [0.2, 0.25) is 5.02 Å². The summed E-state index contributed by atoms with van der Waals surface area (Å²) in [7, 11) is 1.63. The van der Waals surface area contributed by atoms with Crippen LogP contribution >= 0.6 is 11.6 Å². The van der Waals surface area contributed by atoms with Gasteiger partial charge in [-0.05, 0) is 30.7 Å². The highest BCUT2D eigenvalue weighted by atomic mass is 35.5. The lowest BCUT2D eigenvalue weighted by molar-refractivity contribution is 0.101. The molecule has 3 heteroatoms. The summed E-state index contributed by atoms with van der Waals surface area (Å²) in [5, 5.41) is 0.464. The first-order valence-corrected chi connectivity index (χ1v) is 5.95. The van der Waals surface area contributed by atoms with Crippen molar-refractivity contribution in [2.75, 3.05) is 7.11 Å². The molecule has 0 fully saturated rings. The monoisotopic (exact) mass is 260 g/mol. The fourth-order valence-corrected chi connectivity index (χ4v) is 2.16. The van der Waals surface area contributed by atoms with Gasteiger partial charge in [0, 0.05) is 11.1 Å². The van der Waals surface area contributed by atoms with Gasteiger partial charge in [0.05, 0.1) is 12.1 Å². The molecule has 0 saturated heterocycles. The Kier molecular flexibility index (Phi) is 3.68. The minimum Gasteiger partial charge on any atom is -0.496 e. The minimum absolute atomic E-state index is 0.0356. The largest absolute Gasteiger partial charge is 0.496 e. The zero-order chi connectivity index (χ0) is 13.1. The molecule has 0 bridgehead atoms.